The van der Waals surface area contributed by atoms with Crippen LogP contribution in [0.25, 0.3) is 0 Å². The van der Waals surface area contributed by atoms with Crippen LogP contribution in [0.1, 0.15) is 34.1 Å². The van der Waals surface area contributed by atoms with Crippen molar-refractivity contribution in [3.05, 3.63) is 28.2 Å². The molecule has 0 aliphatic carbocycles. The van der Waals surface area contributed by atoms with Crippen LogP contribution in [-0.2, 0) is 14.3 Å². The number of urea groups is 1. The van der Waals surface area contributed by atoms with Gasteiger partial charge in [-0.2, -0.15) is 0 Å². The summed E-state index contributed by atoms with van der Waals surface area (Å²) in [6.07, 6.45) is 1.39. The number of hydrogen-bond acceptors (Lipinski definition) is 4. The second kappa shape index (κ2) is 16.0. The summed E-state index contributed by atoms with van der Waals surface area (Å²) in [5, 5.41) is 7.99. The minimum absolute atomic E-state index is 0.0417. The molecule has 0 saturated carbocycles. The zero-order chi connectivity index (χ0) is 22.2. The lowest BCUT2D eigenvalue weighted by Gasteiger charge is -2.14. The maximum Gasteiger partial charge on any atom is 0.312 e. The molecule has 0 bridgehead atoms. The number of anilines is 1. The van der Waals surface area contributed by atoms with Gasteiger partial charge in [-0.05, 0) is 45.4 Å². The van der Waals surface area contributed by atoms with E-state index < -0.39 is 6.03 Å². The predicted octanol–water partition coefficient (Wildman–Crippen LogP) is 3.17. The predicted molar refractivity (Wildman–Crippen MR) is 114 cm³/mol. The molecule has 8 nitrogen and oxygen atoms in total. The molecule has 10 heteroatoms. The van der Waals surface area contributed by atoms with Crippen molar-refractivity contribution in [3.63, 3.8) is 0 Å². The van der Waals surface area contributed by atoms with Gasteiger partial charge in [-0.25, -0.2) is 4.79 Å². The smallest absolute Gasteiger partial charge is 0.312 e. The highest BCUT2D eigenvalue weighted by Crippen LogP contribution is 2.24. The van der Waals surface area contributed by atoms with Gasteiger partial charge in [0.1, 0.15) is 0 Å². The number of carbonyl (C=O) groups is 3. The van der Waals surface area contributed by atoms with Crippen molar-refractivity contribution < 1.29 is 19.1 Å². The van der Waals surface area contributed by atoms with Crippen molar-refractivity contribution in [2.24, 2.45) is 5.73 Å². The van der Waals surface area contributed by atoms with Crippen LogP contribution in [0, 0.1) is 0 Å². The highest BCUT2D eigenvalue weighted by atomic mass is 35.5. The van der Waals surface area contributed by atoms with E-state index in [-0.39, 0.29) is 18.1 Å². The molecule has 0 fully saturated rings. The van der Waals surface area contributed by atoms with E-state index in [2.05, 4.69) is 16.0 Å². The Morgan fingerprint density at radius 1 is 1.21 bits per heavy atom. The van der Waals surface area contributed by atoms with E-state index in [9.17, 15) is 14.4 Å². The Kier molecular flexibility index (Phi) is 16.1. The third kappa shape index (κ3) is 18.8. The number of nitrogens with two attached hydrogens (primary N) is 1. The summed E-state index contributed by atoms with van der Waals surface area (Å²) in [4.78, 5) is 31.0. The molecule has 0 spiro atoms. The molecule has 5 N–H and O–H groups in total. The molecule has 1 aromatic rings. The lowest BCUT2D eigenvalue weighted by molar-refractivity contribution is -0.118. The van der Waals surface area contributed by atoms with Gasteiger partial charge in [0.2, 0.25) is 12.3 Å². The number of rotatable bonds is 6. The molecule has 160 valence electrons. The summed E-state index contributed by atoms with van der Waals surface area (Å²) in [5.74, 6) is -0.333. The van der Waals surface area contributed by atoms with Gasteiger partial charge >= 0.3 is 6.03 Å². The van der Waals surface area contributed by atoms with E-state index in [1.807, 2.05) is 27.7 Å². The molecule has 1 aromatic carbocycles. The number of methoxy groups -OCH3 is 1. The first-order valence-corrected chi connectivity index (χ1v) is 9.22. The second-order valence-electron chi connectivity index (χ2n) is 6.28. The van der Waals surface area contributed by atoms with Gasteiger partial charge in [-0.1, -0.05) is 30.1 Å². The van der Waals surface area contributed by atoms with Gasteiger partial charge in [0, 0.05) is 19.3 Å². The average molecular weight is 437 g/mol. The zero-order valence-electron chi connectivity index (χ0n) is 16.9. The summed E-state index contributed by atoms with van der Waals surface area (Å²) in [5.41, 5.74) is 5.30. The van der Waals surface area contributed by atoms with Crippen molar-refractivity contribution >= 4 is 47.2 Å². The summed E-state index contributed by atoms with van der Waals surface area (Å²) in [6, 6.07) is 4.28. The van der Waals surface area contributed by atoms with Crippen LogP contribution in [0.3, 0.4) is 0 Å². The molecule has 0 heterocycles. The van der Waals surface area contributed by atoms with Crippen LogP contribution in [-0.4, -0.2) is 44.1 Å². The van der Waals surface area contributed by atoms with E-state index in [4.69, 9.17) is 33.7 Å². The van der Waals surface area contributed by atoms with Crippen LogP contribution in [0.4, 0.5) is 10.5 Å². The molecular weight excluding hydrogens is 407 g/mol. The highest BCUT2D eigenvalue weighted by molar-refractivity contribution is 6.42. The Morgan fingerprint density at radius 3 is 2.14 bits per heavy atom. The molecule has 0 aromatic heterocycles. The number of benzene rings is 1. The second-order valence-corrected chi connectivity index (χ2v) is 7.10. The standard InChI is InChI=1S/C9H8Cl2N2O2.C5H12O.C4H10N2O/c10-7-2-1-6(3-8(7)11)13-9(15)4-12-5-14;1-5(2,3)6-4;1-2-3-6-4(5)7/h1-3,5H,4H2,(H,12,14)(H,13,15);1-4H3;2-3H2,1H3,(H3,5,6,7). The van der Waals surface area contributed by atoms with Crippen molar-refractivity contribution in [3.8, 4) is 0 Å². The summed E-state index contributed by atoms with van der Waals surface area (Å²) in [6.45, 7) is 8.63. The van der Waals surface area contributed by atoms with Gasteiger partial charge in [-0.15, -0.1) is 0 Å². The van der Waals surface area contributed by atoms with Crippen molar-refractivity contribution in [1.29, 1.82) is 0 Å². The minimum Gasteiger partial charge on any atom is -0.379 e. The van der Waals surface area contributed by atoms with Crippen LogP contribution in [0.5, 0.6) is 0 Å². The third-order valence-corrected chi connectivity index (χ3v) is 3.45. The van der Waals surface area contributed by atoms with Crippen molar-refractivity contribution in [1.82, 2.24) is 10.6 Å². The quantitative estimate of drug-likeness (QED) is 0.511. The Labute approximate surface area is 176 Å². The molecule has 0 atom stereocenters. The Balaban J connectivity index is 0. The fourth-order valence-electron chi connectivity index (χ4n) is 1.16. The monoisotopic (exact) mass is 436 g/mol. The van der Waals surface area contributed by atoms with Gasteiger partial charge in [0.15, 0.2) is 0 Å². The molecule has 4 amide bonds. The maximum atomic E-state index is 11.2. The lowest BCUT2D eigenvalue weighted by atomic mass is 10.2. The van der Waals surface area contributed by atoms with Crippen LogP contribution in [0.15, 0.2) is 18.2 Å². The average Bonchev–Trinajstić information content (AvgIpc) is 2.61. The number of amides is 4. The first kappa shape index (κ1) is 28.2. The van der Waals surface area contributed by atoms with Crippen molar-refractivity contribution in [2.45, 2.75) is 39.7 Å². The Hall–Kier alpha value is -2.03. The number of hydrogen-bond donors (Lipinski definition) is 4. The third-order valence-electron chi connectivity index (χ3n) is 2.71. The first-order chi connectivity index (χ1) is 13.0. The lowest BCUT2D eigenvalue weighted by Crippen LogP contribution is -2.29. The maximum absolute atomic E-state index is 11.2. The molecule has 0 aliphatic heterocycles. The van der Waals surface area contributed by atoms with E-state index in [0.717, 1.165) is 6.42 Å². The SMILES string of the molecule is CCCNC(N)=O.COC(C)(C)C.O=CNCC(=O)Nc1ccc(Cl)c(Cl)c1. The van der Waals surface area contributed by atoms with Gasteiger partial charge in [-0.3, -0.25) is 9.59 Å². The normalized spacial score (nSPS) is 9.68. The number of ether oxygens (including phenoxy) is 1. The molecule has 28 heavy (non-hydrogen) atoms. The molecule has 0 saturated heterocycles. The van der Waals surface area contributed by atoms with Gasteiger partial charge in [0.25, 0.3) is 0 Å². The number of primary amides is 1. The first-order valence-electron chi connectivity index (χ1n) is 8.47. The minimum atomic E-state index is -0.443. The fourth-order valence-corrected chi connectivity index (χ4v) is 1.46. The summed E-state index contributed by atoms with van der Waals surface area (Å²) >= 11 is 11.4. The van der Waals surface area contributed by atoms with Crippen LogP contribution >= 0.6 is 23.2 Å². The Morgan fingerprint density at radius 2 is 1.79 bits per heavy atom. The number of halogens is 2. The molecular formula is C18H30Cl2N4O4. The van der Waals surface area contributed by atoms with E-state index in [1.54, 1.807) is 19.2 Å². The number of carbonyl (C=O) groups excluding carboxylic acids is 3. The zero-order valence-corrected chi connectivity index (χ0v) is 18.4. The molecule has 0 aliphatic rings. The largest absolute Gasteiger partial charge is 0.379 e. The highest BCUT2D eigenvalue weighted by Gasteiger charge is 2.04. The molecule has 0 unspecified atom stereocenters. The number of nitrogens with one attached hydrogen (secondary N) is 3. The van der Waals surface area contributed by atoms with Crippen LogP contribution < -0.4 is 21.7 Å². The van der Waals surface area contributed by atoms with E-state index in [1.165, 1.54) is 6.07 Å². The van der Waals surface area contributed by atoms with E-state index in [0.29, 0.717) is 28.7 Å². The van der Waals surface area contributed by atoms with E-state index >= 15 is 0 Å². The van der Waals surface area contributed by atoms with Crippen molar-refractivity contribution in [2.75, 3.05) is 25.5 Å². The summed E-state index contributed by atoms with van der Waals surface area (Å²) < 4.78 is 4.94. The molecule has 1 rings (SSSR count). The van der Waals surface area contributed by atoms with Gasteiger partial charge < -0.3 is 26.4 Å². The topological polar surface area (TPSA) is 123 Å². The summed E-state index contributed by atoms with van der Waals surface area (Å²) in [7, 11) is 1.71. The Bertz CT molecular complexity index is 608. The van der Waals surface area contributed by atoms with Gasteiger partial charge in [0.05, 0.1) is 22.2 Å². The van der Waals surface area contributed by atoms with Crippen LogP contribution in [0.2, 0.25) is 10.0 Å². The molecule has 0 radical (unpaired) electrons. The fraction of sp³-hybridized carbons (Fsp3) is 0.500.